The molecular weight excluding hydrogens is 483 g/mol. The van der Waals surface area contributed by atoms with Crippen LogP contribution in [0.4, 0.5) is 10.2 Å². The molecule has 1 N–H and O–H groups in total. The molecule has 0 spiro atoms. The van der Waals surface area contributed by atoms with Crippen LogP contribution in [0.1, 0.15) is 67.5 Å². The minimum atomic E-state index is -0.406. The highest BCUT2D eigenvalue weighted by molar-refractivity contribution is 6.02. The average Bonchev–Trinajstić information content (AvgIpc) is 3.61. The Morgan fingerprint density at radius 3 is 2.47 bits per heavy atom. The minimum absolute atomic E-state index is 0.0679. The summed E-state index contributed by atoms with van der Waals surface area (Å²) in [6.45, 7) is 4.03. The average molecular weight is 515 g/mol. The molecule has 2 aliphatic heterocycles. The number of nitrogens with one attached hydrogen (secondary N) is 1. The number of pyridine rings is 1. The summed E-state index contributed by atoms with van der Waals surface area (Å²) in [5, 5.41) is 2.83. The molecule has 2 aliphatic rings. The van der Waals surface area contributed by atoms with Crippen LogP contribution in [-0.2, 0) is 0 Å². The second-order valence-electron chi connectivity index (χ2n) is 10.6. The van der Waals surface area contributed by atoms with Gasteiger partial charge in [0.25, 0.3) is 5.91 Å². The van der Waals surface area contributed by atoms with Crippen LogP contribution >= 0.6 is 0 Å². The topological polar surface area (TPSA) is 89.1 Å². The Morgan fingerprint density at radius 1 is 1.08 bits per heavy atom. The van der Waals surface area contributed by atoms with Gasteiger partial charge in [-0.25, -0.2) is 19.3 Å². The van der Waals surface area contributed by atoms with Crippen molar-refractivity contribution in [3.63, 3.8) is 0 Å². The first-order valence-electron chi connectivity index (χ1n) is 13.1. The zero-order valence-electron chi connectivity index (χ0n) is 21.8. The van der Waals surface area contributed by atoms with Gasteiger partial charge >= 0.3 is 0 Å². The molecule has 4 aromatic rings. The Labute approximate surface area is 220 Å². The van der Waals surface area contributed by atoms with Crippen molar-refractivity contribution in [3.05, 3.63) is 72.3 Å². The number of halogens is 1. The molecule has 0 saturated carbocycles. The van der Waals surface area contributed by atoms with E-state index in [1.807, 2.05) is 30.7 Å². The number of amides is 1. The van der Waals surface area contributed by atoms with E-state index in [4.69, 9.17) is 4.42 Å². The summed E-state index contributed by atoms with van der Waals surface area (Å²) < 4.78 is 21.2. The van der Waals surface area contributed by atoms with Gasteiger partial charge in [-0.1, -0.05) is 6.07 Å². The van der Waals surface area contributed by atoms with E-state index >= 15 is 0 Å². The second kappa shape index (κ2) is 9.79. The standard InChI is InChI=1S/C29H31FN6O2/c1-17(2)36-16-32-26(18-4-7-21(30)8-5-18)27(36)29-33-24(15-38-29)28(37)34-25-11-6-19(14-31-25)20-12-22-9-10-23(13-20)35(22)3/h4-8,11,14-17,20,22-23H,9-10,12-13H2,1-3H3,(H,31,34,37). The van der Waals surface area contributed by atoms with Gasteiger partial charge in [-0.3, -0.25) is 4.79 Å². The van der Waals surface area contributed by atoms with Crippen LogP contribution < -0.4 is 5.32 Å². The van der Waals surface area contributed by atoms with Crippen molar-refractivity contribution in [2.45, 2.75) is 63.6 Å². The van der Waals surface area contributed by atoms with Gasteiger partial charge in [-0.2, -0.15) is 0 Å². The second-order valence-corrected chi connectivity index (χ2v) is 10.6. The fourth-order valence-corrected chi connectivity index (χ4v) is 5.85. The summed E-state index contributed by atoms with van der Waals surface area (Å²) in [5.41, 5.74) is 3.32. The van der Waals surface area contributed by atoms with Crippen LogP contribution in [-0.4, -0.2) is 49.5 Å². The van der Waals surface area contributed by atoms with Crippen LogP contribution in [0.3, 0.4) is 0 Å². The third kappa shape index (κ3) is 4.51. The summed E-state index contributed by atoms with van der Waals surface area (Å²) in [6, 6.07) is 11.4. The molecule has 1 aromatic carbocycles. The number of carbonyl (C=O) groups excluding carboxylic acids is 1. The SMILES string of the molecule is CC(C)n1cnc(-c2ccc(F)cc2)c1-c1nc(C(=O)Nc2ccc(C3CC4CCC(C3)N4C)cn2)co1. The maximum atomic E-state index is 13.5. The van der Waals surface area contributed by atoms with Gasteiger partial charge in [0.2, 0.25) is 5.89 Å². The molecule has 2 unspecified atom stereocenters. The number of hydrogen-bond donors (Lipinski definition) is 1. The molecule has 8 nitrogen and oxygen atoms in total. The van der Waals surface area contributed by atoms with Crippen LogP contribution in [0.2, 0.25) is 0 Å². The fraction of sp³-hybridized carbons (Fsp3) is 0.379. The van der Waals surface area contributed by atoms with Gasteiger partial charge < -0.3 is 19.2 Å². The van der Waals surface area contributed by atoms with E-state index in [9.17, 15) is 9.18 Å². The molecule has 5 heterocycles. The lowest BCUT2D eigenvalue weighted by molar-refractivity contribution is 0.102. The Bertz CT molecular complexity index is 1430. The predicted molar refractivity (Wildman–Crippen MR) is 142 cm³/mol. The van der Waals surface area contributed by atoms with Gasteiger partial charge in [0.05, 0.1) is 6.33 Å². The number of piperidine rings is 1. The van der Waals surface area contributed by atoms with E-state index in [1.165, 1.54) is 36.8 Å². The molecule has 2 fully saturated rings. The Morgan fingerprint density at radius 2 is 1.82 bits per heavy atom. The third-order valence-corrected chi connectivity index (χ3v) is 8.00. The maximum absolute atomic E-state index is 13.5. The smallest absolute Gasteiger partial charge is 0.278 e. The van der Waals surface area contributed by atoms with Gasteiger partial charge in [0.1, 0.15) is 29.3 Å². The molecule has 9 heteroatoms. The first-order valence-corrected chi connectivity index (χ1v) is 13.1. The number of carbonyl (C=O) groups is 1. The van der Waals surface area contributed by atoms with E-state index in [0.717, 1.165) is 18.4 Å². The maximum Gasteiger partial charge on any atom is 0.278 e. The van der Waals surface area contributed by atoms with Crippen LogP contribution in [0, 0.1) is 5.82 Å². The molecule has 38 heavy (non-hydrogen) atoms. The third-order valence-electron chi connectivity index (χ3n) is 8.00. The normalized spacial score (nSPS) is 21.2. The lowest BCUT2D eigenvalue weighted by Crippen LogP contribution is -2.39. The quantitative estimate of drug-likeness (QED) is 0.344. The number of fused-ring (bicyclic) bond motifs is 2. The van der Waals surface area contributed by atoms with Crippen LogP contribution in [0.25, 0.3) is 22.8 Å². The largest absolute Gasteiger partial charge is 0.442 e. The molecule has 3 aromatic heterocycles. The van der Waals surface area contributed by atoms with E-state index in [2.05, 4.69) is 38.3 Å². The van der Waals surface area contributed by atoms with E-state index in [-0.39, 0.29) is 23.4 Å². The molecule has 196 valence electrons. The zero-order chi connectivity index (χ0) is 26.4. The number of aromatic nitrogens is 4. The van der Waals surface area contributed by atoms with Crippen LogP contribution in [0.15, 0.2) is 59.6 Å². The van der Waals surface area contributed by atoms with E-state index < -0.39 is 5.91 Å². The first-order chi connectivity index (χ1) is 18.4. The molecule has 2 bridgehead atoms. The summed E-state index contributed by atoms with van der Waals surface area (Å²) in [4.78, 5) is 29.0. The number of imidazole rings is 1. The Kier molecular flexibility index (Phi) is 6.31. The number of rotatable bonds is 6. The van der Waals surface area contributed by atoms with Crippen molar-refractivity contribution in [2.24, 2.45) is 0 Å². The van der Waals surface area contributed by atoms with Crippen molar-refractivity contribution in [1.82, 2.24) is 24.4 Å². The van der Waals surface area contributed by atoms with Crippen LogP contribution in [0.5, 0.6) is 0 Å². The van der Waals surface area contributed by atoms with E-state index in [1.54, 1.807) is 18.5 Å². The van der Waals surface area contributed by atoms with Crippen molar-refractivity contribution in [2.75, 3.05) is 12.4 Å². The molecule has 1 amide bonds. The Balaban J connectivity index is 1.19. The number of hydrogen-bond acceptors (Lipinski definition) is 6. The molecular formula is C29H31FN6O2. The molecule has 2 saturated heterocycles. The molecule has 0 aliphatic carbocycles. The minimum Gasteiger partial charge on any atom is -0.442 e. The zero-order valence-corrected chi connectivity index (χ0v) is 21.8. The number of nitrogens with zero attached hydrogens (tertiary/aromatic N) is 5. The molecule has 2 atom stereocenters. The fourth-order valence-electron chi connectivity index (χ4n) is 5.85. The molecule has 0 radical (unpaired) electrons. The number of oxazole rings is 1. The van der Waals surface area contributed by atoms with Gasteiger partial charge in [0.15, 0.2) is 5.69 Å². The highest BCUT2D eigenvalue weighted by Crippen LogP contribution is 2.42. The molecule has 6 rings (SSSR count). The predicted octanol–water partition coefficient (Wildman–Crippen LogP) is 5.91. The monoisotopic (exact) mass is 514 g/mol. The highest BCUT2D eigenvalue weighted by atomic mass is 19.1. The highest BCUT2D eigenvalue weighted by Gasteiger charge is 2.38. The summed E-state index contributed by atoms with van der Waals surface area (Å²) >= 11 is 0. The number of benzene rings is 1. The van der Waals surface area contributed by atoms with Gasteiger partial charge in [0, 0.05) is 29.9 Å². The lowest BCUT2D eigenvalue weighted by Gasteiger charge is -2.36. The van der Waals surface area contributed by atoms with Gasteiger partial charge in [-0.15, -0.1) is 0 Å². The van der Waals surface area contributed by atoms with Gasteiger partial charge in [-0.05, 0) is 88.4 Å². The number of anilines is 1. The Hall–Kier alpha value is -3.85. The summed E-state index contributed by atoms with van der Waals surface area (Å²) in [5.74, 6) is 0.518. The van der Waals surface area contributed by atoms with Crippen molar-refractivity contribution in [3.8, 4) is 22.8 Å². The summed E-state index contributed by atoms with van der Waals surface area (Å²) in [6.07, 6.45) is 9.80. The summed E-state index contributed by atoms with van der Waals surface area (Å²) in [7, 11) is 2.24. The van der Waals surface area contributed by atoms with Crippen molar-refractivity contribution < 1.29 is 13.6 Å². The van der Waals surface area contributed by atoms with Crippen molar-refractivity contribution >= 4 is 11.7 Å². The lowest BCUT2D eigenvalue weighted by atomic mass is 9.86. The van der Waals surface area contributed by atoms with E-state index in [0.29, 0.717) is 35.2 Å². The first kappa shape index (κ1) is 24.5. The van der Waals surface area contributed by atoms with Crippen molar-refractivity contribution in [1.29, 1.82) is 0 Å².